The highest BCUT2D eigenvalue weighted by Gasteiger charge is 2.15. The van der Waals surface area contributed by atoms with Crippen LogP contribution < -0.4 is 5.32 Å². The molecular formula is C22H22N6OS. The van der Waals surface area contributed by atoms with E-state index in [1.54, 1.807) is 36.0 Å². The minimum atomic E-state index is 0.272. The summed E-state index contributed by atoms with van der Waals surface area (Å²) in [7, 11) is 0. The molecule has 0 atom stereocenters. The second kappa shape index (κ2) is 8.54. The topological polar surface area (TPSA) is 96.7 Å². The smallest absolute Gasteiger partial charge is 0.183 e. The van der Waals surface area contributed by atoms with Crippen molar-refractivity contribution < 1.29 is 5.11 Å². The van der Waals surface area contributed by atoms with Gasteiger partial charge < -0.3 is 10.4 Å². The standard InChI is InChI=1S/C22H22N6OS/c1-4-5-25-22-26-12-20(30-22)17-10-16(15-8-14(3)19(29)9-13(15)2)27-21(28-17)18-11-23-6-7-24-18/h6-12,29H,4-5H2,1-3H3,(H,25,26). The lowest BCUT2D eigenvalue weighted by molar-refractivity contribution is 0.471. The molecule has 0 fully saturated rings. The first-order valence-corrected chi connectivity index (χ1v) is 10.5. The van der Waals surface area contributed by atoms with Gasteiger partial charge in [0.1, 0.15) is 11.4 Å². The van der Waals surface area contributed by atoms with Crippen LogP contribution in [-0.2, 0) is 0 Å². The molecular weight excluding hydrogens is 396 g/mol. The van der Waals surface area contributed by atoms with Crippen molar-refractivity contribution >= 4 is 16.5 Å². The zero-order chi connectivity index (χ0) is 21.1. The molecule has 0 bridgehead atoms. The van der Waals surface area contributed by atoms with Crippen molar-refractivity contribution in [3.8, 4) is 39.1 Å². The van der Waals surface area contributed by atoms with Crippen molar-refractivity contribution in [2.24, 2.45) is 0 Å². The molecule has 0 radical (unpaired) electrons. The Hall–Kier alpha value is -3.39. The Morgan fingerprint density at radius 1 is 0.933 bits per heavy atom. The Kier molecular flexibility index (Phi) is 5.67. The lowest BCUT2D eigenvalue weighted by Crippen LogP contribution is -1.98. The van der Waals surface area contributed by atoms with Crippen LogP contribution in [0.15, 0.2) is 43.0 Å². The fraction of sp³-hybridized carbons (Fsp3) is 0.227. The van der Waals surface area contributed by atoms with Gasteiger partial charge in [0.25, 0.3) is 0 Å². The third-order valence-corrected chi connectivity index (χ3v) is 5.60. The van der Waals surface area contributed by atoms with Gasteiger partial charge in [0.05, 0.1) is 22.5 Å². The average molecular weight is 419 g/mol. The van der Waals surface area contributed by atoms with E-state index in [2.05, 4.69) is 27.2 Å². The van der Waals surface area contributed by atoms with Crippen molar-refractivity contribution in [3.63, 3.8) is 0 Å². The van der Waals surface area contributed by atoms with Gasteiger partial charge in [0, 0.05) is 30.7 Å². The number of benzene rings is 1. The maximum absolute atomic E-state index is 10.0. The molecule has 0 aliphatic rings. The van der Waals surface area contributed by atoms with E-state index in [-0.39, 0.29) is 5.75 Å². The van der Waals surface area contributed by atoms with Crippen LogP contribution in [0.4, 0.5) is 5.13 Å². The molecule has 1 aromatic carbocycles. The van der Waals surface area contributed by atoms with Crippen molar-refractivity contribution in [1.82, 2.24) is 24.9 Å². The van der Waals surface area contributed by atoms with Crippen LogP contribution in [0.5, 0.6) is 5.75 Å². The number of aryl methyl sites for hydroxylation is 2. The summed E-state index contributed by atoms with van der Waals surface area (Å²) in [5.74, 6) is 0.769. The molecule has 0 unspecified atom stereocenters. The Bertz CT molecular complexity index is 1180. The second-order valence-corrected chi connectivity index (χ2v) is 7.99. The van der Waals surface area contributed by atoms with Crippen molar-refractivity contribution in [2.45, 2.75) is 27.2 Å². The number of hydrogen-bond donors (Lipinski definition) is 2. The Labute approximate surface area is 179 Å². The molecule has 2 N–H and O–H groups in total. The Morgan fingerprint density at radius 3 is 2.53 bits per heavy atom. The normalized spacial score (nSPS) is 10.9. The summed E-state index contributed by atoms with van der Waals surface area (Å²) >= 11 is 1.55. The van der Waals surface area contributed by atoms with Crippen molar-refractivity contribution in [1.29, 1.82) is 0 Å². The molecule has 0 amide bonds. The lowest BCUT2D eigenvalue weighted by atomic mass is 10.0. The molecule has 0 aliphatic heterocycles. The van der Waals surface area contributed by atoms with E-state index in [1.165, 1.54) is 0 Å². The van der Waals surface area contributed by atoms with Gasteiger partial charge in [0.15, 0.2) is 11.0 Å². The van der Waals surface area contributed by atoms with Gasteiger partial charge in [-0.3, -0.25) is 4.98 Å². The van der Waals surface area contributed by atoms with E-state index >= 15 is 0 Å². The maximum Gasteiger partial charge on any atom is 0.183 e. The summed E-state index contributed by atoms with van der Waals surface area (Å²) in [6, 6.07) is 5.65. The van der Waals surface area contributed by atoms with E-state index in [0.717, 1.165) is 51.1 Å². The van der Waals surface area contributed by atoms with E-state index in [1.807, 2.05) is 32.2 Å². The molecule has 0 aliphatic carbocycles. The first-order valence-electron chi connectivity index (χ1n) is 9.71. The van der Waals surface area contributed by atoms with Crippen molar-refractivity contribution in [2.75, 3.05) is 11.9 Å². The number of anilines is 1. The summed E-state index contributed by atoms with van der Waals surface area (Å²) < 4.78 is 0. The highest BCUT2D eigenvalue weighted by atomic mass is 32.1. The van der Waals surface area contributed by atoms with Gasteiger partial charge in [-0.1, -0.05) is 18.3 Å². The fourth-order valence-corrected chi connectivity index (χ4v) is 3.83. The van der Waals surface area contributed by atoms with Crippen LogP contribution in [0, 0.1) is 13.8 Å². The van der Waals surface area contributed by atoms with Crippen LogP contribution in [0.2, 0.25) is 0 Å². The summed E-state index contributed by atoms with van der Waals surface area (Å²) in [4.78, 5) is 23.4. The zero-order valence-electron chi connectivity index (χ0n) is 17.0. The molecule has 3 aromatic heterocycles. The number of thiazole rings is 1. The Balaban J connectivity index is 1.86. The van der Waals surface area contributed by atoms with Crippen LogP contribution in [0.1, 0.15) is 24.5 Å². The maximum atomic E-state index is 10.0. The van der Waals surface area contributed by atoms with Crippen LogP contribution in [-0.4, -0.2) is 36.6 Å². The molecule has 0 saturated carbocycles. The summed E-state index contributed by atoms with van der Waals surface area (Å²) in [6.07, 6.45) is 7.75. The lowest BCUT2D eigenvalue weighted by Gasteiger charge is -2.11. The number of aromatic hydroxyl groups is 1. The van der Waals surface area contributed by atoms with Crippen molar-refractivity contribution in [3.05, 3.63) is 54.1 Å². The SMILES string of the molecule is CCCNc1ncc(-c2cc(-c3cc(C)c(O)cc3C)nc(-c3cnccn3)n2)s1. The van der Waals surface area contributed by atoms with E-state index in [0.29, 0.717) is 11.5 Å². The minimum Gasteiger partial charge on any atom is -0.508 e. The number of phenolic OH excluding ortho intramolecular Hbond substituents is 1. The first kappa shape index (κ1) is 19.9. The molecule has 8 heteroatoms. The predicted molar refractivity (Wildman–Crippen MR) is 120 cm³/mol. The van der Waals surface area contributed by atoms with Crippen LogP contribution >= 0.6 is 11.3 Å². The van der Waals surface area contributed by atoms with Gasteiger partial charge in [0.2, 0.25) is 0 Å². The van der Waals surface area contributed by atoms with Gasteiger partial charge >= 0.3 is 0 Å². The molecule has 4 aromatic rings. The Morgan fingerprint density at radius 2 is 1.77 bits per heavy atom. The summed E-state index contributed by atoms with van der Waals surface area (Å²) in [5, 5.41) is 14.2. The number of nitrogens with one attached hydrogen (secondary N) is 1. The van der Waals surface area contributed by atoms with Gasteiger partial charge in [-0.2, -0.15) is 0 Å². The zero-order valence-corrected chi connectivity index (χ0v) is 17.9. The number of nitrogens with zero attached hydrogens (tertiary/aromatic N) is 5. The molecule has 3 heterocycles. The van der Waals surface area contributed by atoms with Gasteiger partial charge in [-0.25, -0.2) is 19.9 Å². The molecule has 0 saturated heterocycles. The highest BCUT2D eigenvalue weighted by Crippen LogP contribution is 2.34. The largest absolute Gasteiger partial charge is 0.508 e. The van der Waals surface area contributed by atoms with E-state index in [9.17, 15) is 5.11 Å². The third kappa shape index (κ3) is 4.13. The predicted octanol–water partition coefficient (Wildman–Crippen LogP) is 4.87. The van der Waals surface area contributed by atoms with Crippen LogP contribution in [0.25, 0.3) is 33.3 Å². The molecule has 0 spiro atoms. The summed E-state index contributed by atoms with van der Waals surface area (Å²) in [5.41, 5.74) is 4.80. The minimum absolute atomic E-state index is 0.272. The first-order chi connectivity index (χ1) is 14.5. The van der Waals surface area contributed by atoms with Gasteiger partial charge in [-0.15, -0.1) is 0 Å². The molecule has 4 rings (SSSR count). The molecule has 7 nitrogen and oxygen atoms in total. The number of aromatic nitrogens is 5. The summed E-state index contributed by atoms with van der Waals surface area (Å²) in [6.45, 7) is 6.82. The third-order valence-electron chi connectivity index (χ3n) is 4.62. The average Bonchev–Trinajstić information content (AvgIpc) is 3.24. The quantitative estimate of drug-likeness (QED) is 0.461. The highest BCUT2D eigenvalue weighted by molar-refractivity contribution is 7.18. The molecule has 30 heavy (non-hydrogen) atoms. The second-order valence-electron chi connectivity index (χ2n) is 6.96. The van der Waals surface area contributed by atoms with Crippen LogP contribution in [0.3, 0.4) is 0 Å². The van der Waals surface area contributed by atoms with Gasteiger partial charge in [-0.05, 0) is 49.6 Å². The van der Waals surface area contributed by atoms with E-state index < -0.39 is 0 Å². The number of rotatable bonds is 6. The number of phenols is 1. The number of hydrogen-bond acceptors (Lipinski definition) is 8. The fourth-order valence-electron chi connectivity index (χ4n) is 3.02. The van der Waals surface area contributed by atoms with E-state index in [4.69, 9.17) is 9.97 Å². The monoisotopic (exact) mass is 418 g/mol. The molecule has 152 valence electrons.